The fourth-order valence-electron chi connectivity index (χ4n) is 4.87. The van der Waals surface area contributed by atoms with Crippen LogP contribution >= 0.6 is 11.9 Å². The largest absolute Gasteiger partial charge is 0.416 e. The van der Waals surface area contributed by atoms with Crippen LogP contribution in [-0.4, -0.2) is 24.9 Å². The lowest BCUT2D eigenvalue weighted by atomic mass is 9.80. The number of nitrogens with one attached hydrogen (secondary N) is 1. The third-order valence-corrected chi connectivity index (χ3v) is 7.64. The minimum Gasteiger partial charge on any atom is -0.377 e. The molecule has 2 aromatic rings. The third-order valence-electron chi connectivity index (χ3n) is 6.60. The molecule has 0 radical (unpaired) electrons. The van der Waals surface area contributed by atoms with Gasteiger partial charge in [-0.3, -0.25) is 4.72 Å². The van der Waals surface area contributed by atoms with E-state index in [0.29, 0.717) is 11.5 Å². The van der Waals surface area contributed by atoms with Crippen LogP contribution in [0.25, 0.3) is 0 Å². The van der Waals surface area contributed by atoms with Gasteiger partial charge in [-0.05, 0) is 72.9 Å². The van der Waals surface area contributed by atoms with Gasteiger partial charge in [-0.25, -0.2) is 0 Å². The standard InChI is InChI=1S/C28H30F3NOS/c1-3-21(28(29,30)31)17-23(4-2)34-32-22-15-16-33-26(18-22)27-24-11-7-5-9-19(24)13-14-20-10-6-8-12-25(20)27/h3-12,17,22,26-27,32H,1,13-16,18H2,2H3/b21-17+,23-4+. The van der Waals surface area contributed by atoms with Gasteiger partial charge >= 0.3 is 6.18 Å². The zero-order chi connectivity index (χ0) is 24.1. The van der Waals surface area contributed by atoms with Gasteiger partial charge in [-0.1, -0.05) is 67.3 Å². The van der Waals surface area contributed by atoms with Gasteiger partial charge < -0.3 is 4.74 Å². The maximum atomic E-state index is 13.1. The molecule has 1 heterocycles. The van der Waals surface area contributed by atoms with E-state index in [2.05, 4.69) is 59.8 Å². The molecule has 2 aliphatic rings. The molecular formula is C28H30F3NOS. The van der Waals surface area contributed by atoms with Crippen LogP contribution in [0.15, 0.2) is 83.8 Å². The summed E-state index contributed by atoms with van der Waals surface area (Å²) < 4.78 is 49.1. The van der Waals surface area contributed by atoms with Crippen molar-refractivity contribution in [3.63, 3.8) is 0 Å². The van der Waals surface area contributed by atoms with Crippen LogP contribution in [0, 0.1) is 0 Å². The number of ether oxygens (including phenoxy) is 1. The van der Waals surface area contributed by atoms with Crippen LogP contribution in [-0.2, 0) is 17.6 Å². The highest BCUT2D eigenvalue weighted by Crippen LogP contribution is 2.40. The molecule has 1 aliphatic carbocycles. The molecule has 0 aromatic heterocycles. The van der Waals surface area contributed by atoms with E-state index < -0.39 is 11.7 Å². The number of hydrogen-bond donors (Lipinski definition) is 1. The summed E-state index contributed by atoms with van der Waals surface area (Å²) in [6.45, 7) is 5.67. The fourth-order valence-corrected chi connectivity index (χ4v) is 5.69. The lowest BCUT2D eigenvalue weighted by Gasteiger charge is -2.36. The van der Waals surface area contributed by atoms with Crippen LogP contribution < -0.4 is 4.72 Å². The van der Waals surface area contributed by atoms with Gasteiger partial charge in [0.1, 0.15) is 0 Å². The van der Waals surface area contributed by atoms with Crippen molar-refractivity contribution < 1.29 is 17.9 Å². The Balaban J connectivity index is 1.53. The quantitative estimate of drug-likeness (QED) is 0.343. The number of aryl methyl sites for hydroxylation is 2. The molecule has 2 unspecified atom stereocenters. The number of allylic oxidation sites excluding steroid dienone is 4. The van der Waals surface area contributed by atoms with Crippen molar-refractivity contribution in [1.29, 1.82) is 0 Å². The van der Waals surface area contributed by atoms with Gasteiger partial charge in [0.2, 0.25) is 0 Å². The minimum absolute atomic E-state index is 0.00393. The molecule has 2 nitrogen and oxygen atoms in total. The zero-order valence-electron chi connectivity index (χ0n) is 19.3. The Kier molecular flexibility index (Phi) is 8.02. The first-order valence-corrected chi connectivity index (χ1v) is 12.5. The summed E-state index contributed by atoms with van der Waals surface area (Å²) in [5, 5.41) is 0. The Morgan fingerprint density at radius 3 is 2.24 bits per heavy atom. The van der Waals surface area contributed by atoms with Gasteiger partial charge in [0.25, 0.3) is 0 Å². The van der Waals surface area contributed by atoms with Crippen LogP contribution in [0.2, 0.25) is 0 Å². The number of benzene rings is 2. The second-order valence-electron chi connectivity index (χ2n) is 8.72. The Hall–Kier alpha value is -2.28. The molecule has 1 N–H and O–H groups in total. The molecular weight excluding hydrogens is 455 g/mol. The summed E-state index contributed by atoms with van der Waals surface area (Å²) in [7, 11) is 0. The first kappa shape index (κ1) is 24.8. The van der Waals surface area contributed by atoms with Crippen LogP contribution in [0.3, 0.4) is 0 Å². The molecule has 0 spiro atoms. The van der Waals surface area contributed by atoms with Crippen molar-refractivity contribution in [3.05, 3.63) is 106 Å². The first-order chi connectivity index (χ1) is 16.4. The normalized spacial score (nSPS) is 22.0. The van der Waals surface area contributed by atoms with Crippen molar-refractivity contribution >= 4 is 11.9 Å². The lowest BCUT2D eigenvalue weighted by Crippen LogP contribution is -2.39. The van der Waals surface area contributed by atoms with Crippen molar-refractivity contribution in [2.24, 2.45) is 0 Å². The van der Waals surface area contributed by atoms with Gasteiger partial charge in [-0.2, -0.15) is 13.2 Å². The van der Waals surface area contributed by atoms with E-state index in [1.165, 1.54) is 34.2 Å². The molecule has 2 atom stereocenters. The zero-order valence-corrected chi connectivity index (χ0v) is 20.1. The monoisotopic (exact) mass is 485 g/mol. The molecule has 1 saturated heterocycles. The van der Waals surface area contributed by atoms with E-state index in [1.807, 2.05) is 0 Å². The van der Waals surface area contributed by atoms with Crippen LogP contribution in [0.5, 0.6) is 0 Å². The van der Waals surface area contributed by atoms with Crippen LogP contribution in [0.1, 0.15) is 47.9 Å². The number of halogens is 3. The highest BCUT2D eigenvalue weighted by molar-refractivity contribution is 8.01. The van der Waals surface area contributed by atoms with E-state index in [1.54, 1.807) is 13.0 Å². The van der Waals surface area contributed by atoms with E-state index in [0.717, 1.165) is 37.8 Å². The highest BCUT2D eigenvalue weighted by Gasteiger charge is 2.35. The Morgan fingerprint density at radius 1 is 1.06 bits per heavy atom. The summed E-state index contributed by atoms with van der Waals surface area (Å²) in [5.41, 5.74) is 4.63. The second kappa shape index (κ2) is 11.0. The number of hydrogen-bond acceptors (Lipinski definition) is 3. The van der Waals surface area contributed by atoms with Crippen LogP contribution in [0.4, 0.5) is 13.2 Å². The SMILES string of the molecule is C=C/C(=C\C(=C/C)SNC1CCOC(C2c3ccccc3CCc3ccccc32)C1)C(F)(F)F. The maximum Gasteiger partial charge on any atom is 0.416 e. The van der Waals surface area contributed by atoms with Crippen molar-refractivity contribution in [3.8, 4) is 0 Å². The third kappa shape index (κ3) is 5.68. The van der Waals surface area contributed by atoms with Crippen molar-refractivity contribution in [2.75, 3.05) is 6.61 Å². The highest BCUT2D eigenvalue weighted by atomic mass is 32.2. The van der Waals surface area contributed by atoms with Gasteiger partial charge in [0, 0.05) is 23.5 Å². The summed E-state index contributed by atoms with van der Waals surface area (Å²) in [6.07, 6.45) is 2.88. The van der Waals surface area contributed by atoms with E-state index in [-0.39, 0.29) is 18.1 Å². The second-order valence-corrected chi connectivity index (χ2v) is 9.63. The molecule has 180 valence electrons. The average Bonchev–Trinajstić information content (AvgIpc) is 3.00. The molecule has 4 rings (SSSR count). The molecule has 1 fully saturated rings. The van der Waals surface area contributed by atoms with Gasteiger partial charge in [0.15, 0.2) is 0 Å². The molecule has 2 aromatic carbocycles. The maximum absolute atomic E-state index is 13.1. The molecule has 34 heavy (non-hydrogen) atoms. The molecule has 0 saturated carbocycles. The lowest BCUT2D eigenvalue weighted by molar-refractivity contribution is -0.0881. The number of fused-ring (bicyclic) bond motifs is 2. The van der Waals surface area contributed by atoms with Crippen molar-refractivity contribution in [2.45, 2.75) is 56.8 Å². The first-order valence-electron chi connectivity index (χ1n) is 11.7. The summed E-state index contributed by atoms with van der Waals surface area (Å²) in [5.74, 6) is 0.142. The predicted molar refractivity (Wildman–Crippen MR) is 134 cm³/mol. The predicted octanol–water partition coefficient (Wildman–Crippen LogP) is 7.28. The Bertz CT molecular complexity index is 1030. The fraction of sp³-hybridized carbons (Fsp3) is 0.357. The smallest absolute Gasteiger partial charge is 0.377 e. The Morgan fingerprint density at radius 2 is 1.68 bits per heavy atom. The summed E-state index contributed by atoms with van der Waals surface area (Å²) in [6, 6.07) is 17.4. The minimum atomic E-state index is -4.42. The van der Waals surface area contributed by atoms with Gasteiger partial charge in [0.05, 0.1) is 11.7 Å². The molecule has 0 amide bonds. The number of rotatable bonds is 6. The molecule has 1 aliphatic heterocycles. The average molecular weight is 486 g/mol. The van der Waals surface area contributed by atoms with E-state index in [9.17, 15) is 13.2 Å². The van der Waals surface area contributed by atoms with Gasteiger partial charge in [-0.15, -0.1) is 0 Å². The van der Waals surface area contributed by atoms with Crippen molar-refractivity contribution in [1.82, 2.24) is 4.72 Å². The molecule has 6 heteroatoms. The summed E-state index contributed by atoms with van der Waals surface area (Å²) in [4.78, 5) is 0.514. The number of alkyl halides is 3. The summed E-state index contributed by atoms with van der Waals surface area (Å²) >= 11 is 1.24. The Labute approximate surface area is 204 Å². The topological polar surface area (TPSA) is 21.3 Å². The molecule has 0 bridgehead atoms. The van der Waals surface area contributed by atoms with E-state index >= 15 is 0 Å². The van der Waals surface area contributed by atoms with E-state index in [4.69, 9.17) is 4.74 Å².